The molecule has 0 fully saturated rings. The van der Waals surface area contributed by atoms with E-state index >= 15 is 0 Å². The molecule has 0 radical (unpaired) electrons. The van der Waals surface area contributed by atoms with Crippen LogP contribution < -0.4 is 14.8 Å². The van der Waals surface area contributed by atoms with Crippen LogP contribution in [0.15, 0.2) is 18.2 Å². The highest BCUT2D eigenvalue weighted by Gasteiger charge is 2.18. The van der Waals surface area contributed by atoms with E-state index < -0.39 is 12.2 Å². The van der Waals surface area contributed by atoms with Crippen molar-refractivity contribution in [1.82, 2.24) is 5.32 Å². The van der Waals surface area contributed by atoms with E-state index in [-0.39, 0.29) is 5.91 Å². The van der Waals surface area contributed by atoms with Gasteiger partial charge < -0.3 is 19.9 Å². The molecule has 1 aromatic carbocycles. The van der Waals surface area contributed by atoms with Crippen molar-refractivity contribution >= 4 is 5.91 Å². The van der Waals surface area contributed by atoms with Crippen molar-refractivity contribution in [3.63, 3.8) is 0 Å². The predicted molar refractivity (Wildman–Crippen MR) is 77.0 cm³/mol. The molecule has 0 aliphatic heterocycles. The number of carbonyl (C=O) groups is 1. The topological polar surface area (TPSA) is 67.8 Å². The Morgan fingerprint density at radius 1 is 1.40 bits per heavy atom. The molecule has 1 rings (SSSR count). The van der Waals surface area contributed by atoms with Gasteiger partial charge in [-0.3, -0.25) is 4.79 Å². The minimum Gasteiger partial charge on any atom is -0.497 e. The summed E-state index contributed by atoms with van der Waals surface area (Å²) in [6.45, 7) is 5.93. The summed E-state index contributed by atoms with van der Waals surface area (Å²) in [6.07, 6.45) is -0.440. The number of carbonyl (C=O) groups excluding carboxylic acids is 1. The average Bonchev–Trinajstić information content (AvgIpc) is 2.44. The monoisotopic (exact) mass is 281 g/mol. The number of benzene rings is 1. The van der Waals surface area contributed by atoms with Gasteiger partial charge in [0.25, 0.3) is 5.91 Å². The summed E-state index contributed by atoms with van der Waals surface area (Å²) in [7, 11) is 1.55. The Morgan fingerprint density at radius 3 is 2.65 bits per heavy atom. The second-order valence-electron chi connectivity index (χ2n) is 4.63. The fraction of sp³-hybridized carbons (Fsp3) is 0.533. The third-order valence-corrected chi connectivity index (χ3v) is 2.89. The highest BCUT2D eigenvalue weighted by molar-refractivity contribution is 5.80. The van der Waals surface area contributed by atoms with Crippen LogP contribution in [0.5, 0.6) is 11.5 Å². The number of hydrogen-bond acceptors (Lipinski definition) is 4. The van der Waals surface area contributed by atoms with Crippen molar-refractivity contribution in [3.8, 4) is 11.5 Å². The molecule has 0 aromatic heterocycles. The van der Waals surface area contributed by atoms with Gasteiger partial charge in [-0.2, -0.15) is 0 Å². The molecule has 5 heteroatoms. The van der Waals surface area contributed by atoms with E-state index in [1.165, 1.54) is 0 Å². The molecule has 0 aliphatic carbocycles. The third-order valence-electron chi connectivity index (χ3n) is 2.89. The van der Waals surface area contributed by atoms with Crippen LogP contribution in [0.2, 0.25) is 0 Å². The fourth-order valence-corrected chi connectivity index (χ4v) is 1.72. The molecule has 2 atom stereocenters. The summed E-state index contributed by atoms with van der Waals surface area (Å²) in [5, 5.41) is 12.5. The Balaban J connectivity index is 2.86. The lowest BCUT2D eigenvalue weighted by Gasteiger charge is -2.19. The summed E-state index contributed by atoms with van der Waals surface area (Å²) >= 11 is 0. The normalized spacial score (nSPS) is 13.4. The molecule has 2 N–H and O–H groups in total. The van der Waals surface area contributed by atoms with Crippen LogP contribution in [0.1, 0.15) is 38.9 Å². The smallest absolute Gasteiger partial charge is 0.260 e. The first-order valence-electron chi connectivity index (χ1n) is 6.80. The van der Waals surface area contributed by atoms with E-state index in [1.807, 2.05) is 6.92 Å². The first kappa shape index (κ1) is 16.3. The molecule has 112 valence electrons. The maximum Gasteiger partial charge on any atom is 0.260 e. The molecule has 1 unspecified atom stereocenters. The average molecular weight is 281 g/mol. The van der Waals surface area contributed by atoms with E-state index in [0.717, 1.165) is 6.42 Å². The Labute approximate surface area is 119 Å². The quantitative estimate of drug-likeness (QED) is 0.802. The first-order chi connectivity index (χ1) is 9.49. The van der Waals surface area contributed by atoms with Crippen molar-refractivity contribution in [2.45, 2.75) is 39.4 Å². The molecule has 0 bridgehead atoms. The lowest BCUT2D eigenvalue weighted by molar-refractivity contribution is -0.127. The van der Waals surface area contributed by atoms with Gasteiger partial charge in [0.2, 0.25) is 0 Å². The Kier molecular flexibility index (Phi) is 6.31. The van der Waals surface area contributed by atoms with Crippen LogP contribution in [-0.2, 0) is 4.79 Å². The van der Waals surface area contributed by atoms with Crippen LogP contribution in [0.4, 0.5) is 0 Å². The molecule has 0 aliphatic rings. The Hall–Kier alpha value is -1.75. The Bertz CT molecular complexity index is 445. The molecule has 0 heterocycles. The number of methoxy groups -OCH3 is 1. The maximum atomic E-state index is 11.8. The van der Waals surface area contributed by atoms with Gasteiger partial charge in [-0.1, -0.05) is 6.92 Å². The van der Waals surface area contributed by atoms with Gasteiger partial charge >= 0.3 is 0 Å². The maximum absolute atomic E-state index is 11.8. The van der Waals surface area contributed by atoms with Crippen molar-refractivity contribution in [1.29, 1.82) is 0 Å². The summed E-state index contributed by atoms with van der Waals surface area (Å²) in [5.74, 6) is 0.898. The van der Waals surface area contributed by atoms with Crippen molar-refractivity contribution in [2.24, 2.45) is 0 Å². The van der Waals surface area contributed by atoms with E-state index in [2.05, 4.69) is 5.32 Å². The van der Waals surface area contributed by atoms with Gasteiger partial charge in [-0.15, -0.1) is 0 Å². The number of aliphatic hydroxyl groups is 1. The van der Waals surface area contributed by atoms with E-state index in [0.29, 0.717) is 23.6 Å². The zero-order chi connectivity index (χ0) is 15.1. The highest BCUT2D eigenvalue weighted by Crippen LogP contribution is 2.30. The highest BCUT2D eigenvalue weighted by atomic mass is 16.5. The van der Waals surface area contributed by atoms with Gasteiger partial charge in [0.15, 0.2) is 6.10 Å². The number of nitrogens with one attached hydrogen (secondary N) is 1. The second-order valence-corrected chi connectivity index (χ2v) is 4.63. The van der Waals surface area contributed by atoms with Crippen LogP contribution in [-0.4, -0.2) is 30.8 Å². The number of aliphatic hydroxyl groups excluding tert-OH is 1. The lowest BCUT2D eigenvalue weighted by Crippen LogP contribution is -2.36. The molecule has 5 nitrogen and oxygen atoms in total. The molecule has 0 spiro atoms. The van der Waals surface area contributed by atoms with Gasteiger partial charge in [-0.25, -0.2) is 0 Å². The zero-order valence-corrected chi connectivity index (χ0v) is 12.5. The van der Waals surface area contributed by atoms with Gasteiger partial charge in [0.1, 0.15) is 11.5 Å². The largest absolute Gasteiger partial charge is 0.497 e. The Morgan fingerprint density at radius 2 is 2.10 bits per heavy atom. The zero-order valence-electron chi connectivity index (χ0n) is 12.5. The molecule has 20 heavy (non-hydrogen) atoms. The standard InChI is InChI=1S/C15H23NO4/c1-5-8-16-15(18)11(3)20-14-9-12(19-4)6-7-13(14)10(2)17/h6-7,9-11,17H,5,8H2,1-4H3,(H,16,18)/t10-,11?/m1/s1. The molecule has 1 amide bonds. The van der Waals surface area contributed by atoms with E-state index in [1.54, 1.807) is 39.2 Å². The van der Waals surface area contributed by atoms with Crippen molar-refractivity contribution in [2.75, 3.05) is 13.7 Å². The number of rotatable bonds is 7. The molecule has 0 saturated heterocycles. The first-order valence-corrected chi connectivity index (χ1v) is 6.80. The van der Waals surface area contributed by atoms with Crippen LogP contribution >= 0.6 is 0 Å². The lowest BCUT2D eigenvalue weighted by atomic mass is 10.1. The molecular weight excluding hydrogens is 258 g/mol. The van der Waals surface area contributed by atoms with Crippen molar-refractivity contribution < 1.29 is 19.4 Å². The molecule has 1 aromatic rings. The summed E-state index contributed by atoms with van der Waals surface area (Å²) < 4.78 is 10.8. The van der Waals surface area contributed by atoms with E-state index in [9.17, 15) is 9.90 Å². The number of amides is 1. The SMILES string of the molecule is CCCNC(=O)C(C)Oc1cc(OC)ccc1[C@@H](C)O. The van der Waals surface area contributed by atoms with Crippen LogP contribution in [0.25, 0.3) is 0 Å². The van der Waals surface area contributed by atoms with E-state index in [4.69, 9.17) is 9.47 Å². The van der Waals surface area contributed by atoms with Gasteiger partial charge in [-0.05, 0) is 32.4 Å². The second kappa shape index (κ2) is 7.75. The summed E-state index contributed by atoms with van der Waals surface area (Å²) in [5.41, 5.74) is 0.626. The summed E-state index contributed by atoms with van der Waals surface area (Å²) in [6, 6.07) is 5.15. The van der Waals surface area contributed by atoms with Gasteiger partial charge in [0, 0.05) is 18.2 Å². The number of hydrogen-bond donors (Lipinski definition) is 2. The fourth-order valence-electron chi connectivity index (χ4n) is 1.72. The third kappa shape index (κ3) is 4.42. The minimum atomic E-state index is -0.679. The predicted octanol–water partition coefficient (Wildman–Crippen LogP) is 2.04. The molecule has 0 saturated carbocycles. The van der Waals surface area contributed by atoms with Gasteiger partial charge in [0.05, 0.1) is 13.2 Å². The molecular formula is C15H23NO4. The van der Waals surface area contributed by atoms with Crippen molar-refractivity contribution in [3.05, 3.63) is 23.8 Å². The van der Waals surface area contributed by atoms with Crippen LogP contribution in [0.3, 0.4) is 0 Å². The van der Waals surface area contributed by atoms with Crippen LogP contribution in [0, 0.1) is 0 Å². The summed E-state index contributed by atoms with van der Waals surface area (Å²) in [4.78, 5) is 11.8. The minimum absolute atomic E-state index is 0.175. The number of ether oxygens (including phenoxy) is 2.